The van der Waals surface area contributed by atoms with E-state index < -0.39 is 5.54 Å². The number of likely N-dealkylation sites (N-methyl/N-ethyl adjacent to an activating group) is 1. The summed E-state index contributed by atoms with van der Waals surface area (Å²) in [5.41, 5.74) is 4.75. The van der Waals surface area contributed by atoms with Crippen molar-refractivity contribution < 1.29 is 4.79 Å². The monoisotopic (exact) mass is 272 g/mol. The summed E-state index contributed by atoms with van der Waals surface area (Å²) in [4.78, 5) is 11.5. The molecule has 0 aliphatic rings. The Balaban J connectivity index is 2.65. The van der Waals surface area contributed by atoms with E-state index in [0.717, 1.165) is 5.16 Å². The summed E-state index contributed by atoms with van der Waals surface area (Å²) in [6, 6.07) is 0. The van der Waals surface area contributed by atoms with Gasteiger partial charge in [-0.2, -0.15) is 0 Å². The minimum Gasteiger partial charge on any atom is -0.368 e. The second-order valence-electron chi connectivity index (χ2n) is 4.44. The number of thioether (sulfide) groups is 1. The molecule has 8 heteroatoms. The Morgan fingerprint density at radius 3 is 2.78 bits per heavy atom. The molecule has 0 aromatic carbocycles. The van der Waals surface area contributed by atoms with Gasteiger partial charge in [0.05, 0.1) is 5.54 Å². The molecule has 0 aliphatic carbocycles. The third-order valence-corrected chi connectivity index (χ3v) is 3.82. The normalized spacial score (nSPS) is 16.2. The highest BCUT2D eigenvalue weighted by atomic mass is 32.2. The van der Waals surface area contributed by atoms with E-state index in [2.05, 4.69) is 20.8 Å². The number of carbonyl (C=O) groups is 1. The van der Waals surface area contributed by atoms with Crippen LogP contribution in [-0.4, -0.2) is 43.4 Å². The second kappa shape index (κ2) is 6.14. The van der Waals surface area contributed by atoms with Crippen LogP contribution in [0.3, 0.4) is 0 Å². The van der Waals surface area contributed by atoms with E-state index in [4.69, 9.17) is 5.73 Å². The summed E-state index contributed by atoms with van der Waals surface area (Å²) >= 11 is 1.53. The molecule has 1 aromatic rings. The van der Waals surface area contributed by atoms with Crippen LogP contribution >= 0.6 is 11.8 Å². The zero-order valence-corrected chi connectivity index (χ0v) is 12.0. The van der Waals surface area contributed by atoms with Gasteiger partial charge in [0.1, 0.15) is 0 Å². The van der Waals surface area contributed by atoms with Gasteiger partial charge in [0, 0.05) is 12.3 Å². The lowest BCUT2D eigenvalue weighted by Gasteiger charge is -2.29. The highest BCUT2D eigenvalue weighted by Crippen LogP contribution is 2.26. The van der Waals surface area contributed by atoms with Gasteiger partial charge in [0.2, 0.25) is 11.1 Å². The standard InChI is InChI=1S/C10H20N6OS/c1-5-12-10(3,8(11)17)6-7(2)18-9-13-14-15-16(9)4/h7,12H,5-6H2,1-4H3,(H2,11,17). The Morgan fingerprint density at radius 1 is 1.67 bits per heavy atom. The van der Waals surface area contributed by atoms with Gasteiger partial charge in [-0.25, -0.2) is 4.68 Å². The summed E-state index contributed by atoms with van der Waals surface area (Å²) in [7, 11) is 1.78. The van der Waals surface area contributed by atoms with E-state index in [1.807, 2.05) is 20.8 Å². The predicted molar refractivity (Wildman–Crippen MR) is 70.0 cm³/mol. The number of rotatable bonds is 7. The maximum absolute atomic E-state index is 11.5. The van der Waals surface area contributed by atoms with Crippen LogP contribution in [0, 0.1) is 0 Å². The lowest BCUT2D eigenvalue weighted by atomic mass is 9.95. The van der Waals surface area contributed by atoms with Crippen LogP contribution in [-0.2, 0) is 11.8 Å². The molecule has 1 rings (SSSR count). The molecule has 7 nitrogen and oxygen atoms in total. The molecule has 102 valence electrons. The maximum atomic E-state index is 11.5. The summed E-state index contributed by atoms with van der Waals surface area (Å²) in [5.74, 6) is -0.340. The third kappa shape index (κ3) is 3.67. The summed E-state index contributed by atoms with van der Waals surface area (Å²) in [6.45, 7) is 6.50. The quantitative estimate of drug-likeness (QED) is 0.674. The molecule has 0 bridgehead atoms. The maximum Gasteiger partial charge on any atom is 0.237 e. The number of tetrazole rings is 1. The Labute approximate surface area is 111 Å². The lowest BCUT2D eigenvalue weighted by Crippen LogP contribution is -2.54. The van der Waals surface area contributed by atoms with Crippen molar-refractivity contribution in [2.45, 2.75) is 43.1 Å². The molecule has 0 fully saturated rings. The third-order valence-electron chi connectivity index (χ3n) is 2.69. The van der Waals surface area contributed by atoms with Gasteiger partial charge in [-0.15, -0.1) is 5.10 Å². The zero-order valence-electron chi connectivity index (χ0n) is 11.2. The van der Waals surface area contributed by atoms with Crippen LogP contribution in [0.2, 0.25) is 0 Å². The average molecular weight is 272 g/mol. The highest BCUT2D eigenvalue weighted by molar-refractivity contribution is 7.99. The van der Waals surface area contributed by atoms with Crippen LogP contribution in [0.15, 0.2) is 5.16 Å². The number of nitrogens with one attached hydrogen (secondary N) is 1. The van der Waals surface area contributed by atoms with Gasteiger partial charge in [-0.1, -0.05) is 25.6 Å². The number of nitrogens with two attached hydrogens (primary N) is 1. The first-order valence-corrected chi connectivity index (χ1v) is 6.71. The summed E-state index contributed by atoms with van der Waals surface area (Å²) < 4.78 is 1.61. The van der Waals surface area contributed by atoms with Gasteiger partial charge >= 0.3 is 0 Å². The van der Waals surface area contributed by atoms with E-state index in [9.17, 15) is 4.79 Å². The van der Waals surface area contributed by atoms with Crippen LogP contribution in [0.5, 0.6) is 0 Å². The molecule has 1 amide bonds. The molecular formula is C10H20N6OS. The summed E-state index contributed by atoms with van der Waals surface area (Å²) in [5, 5.41) is 15.3. The van der Waals surface area contributed by atoms with Crippen LogP contribution < -0.4 is 11.1 Å². The Morgan fingerprint density at radius 2 is 2.33 bits per heavy atom. The fourth-order valence-corrected chi connectivity index (χ4v) is 2.82. The van der Waals surface area contributed by atoms with Crippen LogP contribution in [0.25, 0.3) is 0 Å². The van der Waals surface area contributed by atoms with Crippen molar-refractivity contribution in [1.29, 1.82) is 0 Å². The van der Waals surface area contributed by atoms with Crippen LogP contribution in [0.1, 0.15) is 27.2 Å². The lowest BCUT2D eigenvalue weighted by molar-refractivity contribution is -0.124. The van der Waals surface area contributed by atoms with Crippen molar-refractivity contribution in [1.82, 2.24) is 25.5 Å². The molecular weight excluding hydrogens is 252 g/mol. The number of aromatic nitrogens is 4. The summed E-state index contributed by atoms with van der Waals surface area (Å²) in [6.07, 6.45) is 0.619. The average Bonchev–Trinajstić information content (AvgIpc) is 2.64. The van der Waals surface area contributed by atoms with Crippen molar-refractivity contribution in [3.63, 3.8) is 0 Å². The van der Waals surface area contributed by atoms with Gasteiger partial charge in [0.15, 0.2) is 0 Å². The van der Waals surface area contributed by atoms with Crippen molar-refractivity contribution >= 4 is 17.7 Å². The topological polar surface area (TPSA) is 98.7 Å². The number of primary amides is 1. The molecule has 2 unspecified atom stereocenters. The second-order valence-corrected chi connectivity index (χ2v) is 5.85. The molecule has 3 N–H and O–H groups in total. The molecule has 0 radical (unpaired) electrons. The van der Waals surface area contributed by atoms with Crippen molar-refractivity contribution in [2.75, 3.05) is 6.54 Å². The molecule has 18 heavy (non-hydrogen) atoms. The number of hydrogen-bond donors (Lipinski definition) is 2. The van der Waals surface area contributed by atoms with Gasteiger partial charge in [-0.3, -0.25) is 4.79 Å². The number of amides is 1. The Bertz CT molecular complexity index is 409. The fraction of sp³-hybridized carbons (Fsp3) is 0.800. The number of aryl methyl sites for hydroxylation is 1. The first-order chi connectivity index (χ1) is 8.39. The molecule has 0 spiro atoms. The van der Waals surface area contributed by atoms with Crippen molar-refractivity contribution in [3.05, 3.63) is 0 Å². The Kier molecular flexibility index (Phi) is 5.09. The first kappa shape index (κ1) is 14.9. The molecule has 1 aromatic heterocycles. The van der Waals surface area contributed by atoms with E-state index in [1.54, 1.807) is 11.7 Å². The van der Waals surface area contributed by atoms with E-state index >= 15 is 0 Å². The predicted octanol–water partition coefficient (Wildman–Crippen LogP) is -0.0657. The zero-order chi connectivity index (χ0) is 13.8. The minimum atomic E-state index is -0.701. The van der Waals surface area contributed by atoms with Crippen molar-refractivity contribution in [3.8, 4) is 0 Å². The van der Waals surface area contributed by atoms with Crippen LogP contribution in [0.4, 0.5) is 0 Å². The smallest absolute Gasteiger partial charge is 0.237 e. The number of carbonyl (C=O) groups excluding carboxylic acids is 1. The first-order valence-electron chi connectivity index (χ1n) is 5.83. The largest absolute Gasteiger partial charge is 0.368 e. The number of hydrogen-bond acceptors (Lipinski definition) is 6. The minimum absolute atomic E-state index is 0.172. The van der Waals surface area contributed by atoms with Gasteiger partial charge in [-0.05, 0) is 30.3 Å². The Hall–Kier alpha value is -1.15. The molecule has 1 heterocycles. The van der Waals surface area contributed by atoms with E-state index in [0.29, 0.717) is 13.0 Å². The molecule has 0 saturated carbocycles. The van der Waals surface area contributed by atoms with E-state index in [1.165, 1.54) is 11.8 Å². The molecule has 0 saturated heterocycles. The number of nitrogens with zero attached hydrogens (tertiary/aromatic N) is 4. The van der Waals surface area contributed by atoms with Gasteiger partial charge in [0.25, 0.3) is 0 Å². The fourth-order valence-electron chi connectivity index (χ4n) is 1.77. The highest BCUT2D eigenvalue weighted by Gasteiger charge is 2.32. The SMILES string of the molecule is CCNC(C)(CC(C)Sc1nnnn1C)C(N)=O. The van der Waals surface area contributed by atoms with Gasteiger partial charge < -0.3 is 11.1 Å². The molecule has 2 atom stereocenters. The van der Waals surface area contributed by atoms with Crippen molar-refractivity contribution in [2.24, 2.45) is 12.8 Å². The molecule has 0 aliphatic heterocycles. The van der Waals surface area contributed by atoms with E-state index in [-0.39, 0.29) is 11.2 Å².